The number of hydrogen-bond donors (Lipinski definition) is 1. The van der Waals surface area contributed by atoms with Gasteiger partial charge in [-0.05, 0) is 52.7 Å². The molecular formula is C14H15BrFNO. The molecule has 0 aliphatic carbocycles. The van der Waals surface area contributed by atoms with Crippen molar-refractivity contribution in [3.05, 3.63) is 58.2 Å². The van der Waals surface area contributed by atoms with Gasteiger partial charge in [-0.2, -0.15) is 0 Å². The fraction of sp³-hybridized carbons (Fsp3) is 0.286. The van der Waals surface area contributed by atoms with Crippen LogP contribution in [0.3, 0.4) is 0 Å². The molecule has 0 aliphatic rings. The molecule has 0 spiro atoms. The largest absolute Gasteiger partial charge is 0.472 e. The van der Waals surface area contributed by atoms with E-state index >= 15 is 0 Å². The number of nitrogens with one attached hydrogen (secondary N) is 1. The van der Waals surface area contributed by atoms with Gasteiger partial charge in [-0.25, -0.2) is 4.39 Å². The van der Waals surface area contributed by atoms with Crippen molar-refractivity contribution in [2.24, 2.45) is 0 Å². The van der Waals surface area contributed by atoms with E-state index in [2.05, 4.69) is 28.2 Å². The molecule has 0 saturated carbocycles. The average Bonchev–Trinajstić information content (AvgIpc) is 2.88. The lowest BCUT2D eigenvalue weighted by molar-refractivity contribution is 0.546. The fourth-order valence-electron chi connectivity index (χ4n) is 1.85. The van der Waals surface area contributed by atoms with Gasteiger partial charge in [-0.15, -0.1) is 0 Å². The number of hydrogen-bond acceptors (Lipinski definition) is 2. The highest BCUT2D eigenvalue weighted by Gasteiger charge is 2.15. The molecule has 0 saturated heterocycles. The predicted octanol–water partition coefficient (Wildman–Crippen LogP) is 4.27. The zero-order valence-corrected chi connectivity index (χ0v) is 11.7. The van der Waals surface area contributed by atoms with E-state index in [0.29, 0.717) is 4.47 Å². The van der Waals surface area contributed by atoms with E-state index < -0.39 is 0 Å². The highest BCUT2D eigenvalue weighted by molar-refractivity contribution is 9.10. The summed E-state index contributed by atoms with van der Waals surface area (Å²) in [5.41, 5.74) is 1.90. The molecule has 0 amide bonds. The molecule has 1 atom stereocenters. The summed E-state index contributed by atoms with van der Waals surface area (Å²) in [6.45, 7) is 2.97. The zero-order chi connectivity index (χ0) is 13.0. The summed E-state index contributed by atoms with van der Waals surface area (Å²) in [4.78, 5) is 0. The molecule has 4 heteroatoms. The van der Waals surface area contributed by atoms with E-state index in [4.69, 9.17) is 4.42 Å². The predicted molar refractivity (Wildman–Crippen MR) is 72.9 cm³/mol. The first-order chi connectivity index (χ1) is 8.72. The van der Waals surface area contributed by atoms with Crippen molar-refractivity contribution < 1.29 is 8.81 Å². The quantitative estimate of drug-likeness (QED) is 0.892. The minimum absolute atomic E-state index is 0.0358. The van der Waals surface area contributed by atoms with Gasteiger partial charge in [0.05, 0.1) is 23.0 Å². The van der Waals surface area contributed by atoms with Crippen LogP contribution in [0, 0.1) is 5.82 Å². The smallest absolute Gasteiger partial charge is 0.137 e. The van der Waals surface area contributed by atoms with Gasteiger partial charge in [-0.3, -0.25) is 0 Å². The van der Waals surface area contributed by atoms with Gasteiger partial charge in [0.2, 0.25) is 0 Å². The summed E-state index contributed by atoms with van der Waals surface area (Å²) in [5, 5.41) is 3.39. The van der Waals surface area contributed by atoms with E-state index in [1.807, 2.05) is 12.1 Å². The van der Waals surface area contributed by atoms with Crippen molar-refractivity contribution >= 4 is 15.9 Å². The molecular weight excluding hydrogens is 297 g/mol. The van der Waals surface area contributed by atoms with Gasteiger partial charge in [0.1, 0.15) is 5.82 Å². The summed E-state index contributed by atoms with van der Waals surface area (Å²) in [5.74, 6) is -0.251. The van der Waals surface area contributed by atoms with E-state index in [0.717, 1.165) is 24.1 Å². The fourth-order valence-corrected chi connectivity index (χ4v) is 2.09. The average molecular weight is 312 g/mol. The van der Waals surface area contributed by atoms with Crippen LogP contribution in [0.2, 0.25) is 0 Å². The Labute approximate surface area is 114 Å². The summed E-state index contributed by atoms with van der Waals surface area (Å²) < 4.78 is 19.2. The Morgan fingerprint density at radius 3 is 2.78 bits per heavy atom. The third-order valence-corrected chi connectivity index (χ3v) is 3.40. The molecule has 1 aromatic heterocycles. The Kier molecular flexibility index (Phi) is 4.55. The van der Waals surface area contributed by atoms with Gasteiger partial charge < -0.3 is 9.73 Å². The lowest BCUT2D eigenvalue weighted by Gasteiger charge is -2.17. The van der Waals surface area contributed by atoms with E-state index in [9.17, 15) is 4.39 Å². The van der Waals surface area contributed by atoms with E-state index in [-0.39, 0.29) is 11.9 Å². The van der Waals surface area contributed by atoms with Crippen LogP contribution in [0.1, 0.15) is 30.5 Å². The maximum atomic E-state index is 13.6. The Balaban J connectivity index is 2.30. The van der Waals surface area contributed by atoms with Gasteiger partial charge in [0, 0.05) is 5.56 Å². The monoisotopic (exact) mass is 311 g/mol. The molecule has 1 heterocycles. The summed E-state index contributed by atoms with van der Waals surface area (Å²) in [7, 11) is 0. The molecule has 2 aromatic rings. The first-order valence-corrected chi connectivity index (χ1v) is 6.72. The van der Waals surface area contributed by atoms with Crippen molar-refractivity contribution in [2.75, 3.05) is 6.54 Å². The molecule has 2 rings (SSSR count). The Hall–Kier alpha value is -1.13. The second-order valence-corrected chi connectivity index (χ2v) is 4.97. The Bertz CT molecular complexity index is 499. The molecule has 1 aromatic carbocycles. The topological polar surface area (TPSA) is 25.2 Å². The van der Waals surface area contributed by atoms with Gasteiger partial charge in [-0.1, -0.05) is 13.0 Å². The second-order valence-electron chi connectivity index (χ2n) is 4.12. The Morgan fingerprint density at radius 2 is 2.17 bits per heavy atom. The number of rotatable bonds is 5. The molecule has 2 nitrogen and oxygen atoms in total. The van der Waals surface area contributed by atoms with Crippen molar-refractivity contribution in [3.63, 3.8) is 0 Å². The first-order valence-electron chi connectivity index (χ1n) is 5.92. The lowest BCUT2D eigenvalue weighted by atomic mass is 10.0. The first kappa shape index (κ1) is 13.3. The molecule has 0 fully saturated rings. The number of halogens is 2. The van der Waals surface area contributed by atoms with Crippen LogP contribution in [0.15, 0.2) is 45.7 Å². The molecule has 0 radical (unpaired) electrons. The van der Waals surface area contributed by atoms with Crippen molar-refractivity contribution in [3.8, 4) is 0 Å². The number of furan rings is 1. The van der Waals surface area contributed by atoms with Crippen molar-refractivity contribution in [2.45, 2.75) is 19.4 Å². The van der Waals surface area contributed by atoms with E-state index in [1.54, 1.807) is 24.7 Å². The zero-order valence-electron chi connectivity index (χ0n) is 10.1. The van der Waals surface area contributed by atoms with Crippen LogP contribution in [-0.4, -0.2) is 6.54 Å². The summed E-state index contributed by atoms with van der Waals surface area (Å²) in [6.07, 6.45) is 4.34. The standard InChI is InChI=1S/C14H15BrFNO/c1-2-6-17-14(11-5-7-18-9-11)10-3-4-12(15)13(16)8-10/h3-5,7-9,14,17H,2,6H2,1H3. The van der Waals surface area contributed by atoms with Crippen molar-refractivity contribution in [1.29, 1.82) is 0 Å². The second kappa shape index (κ2) is 6.16. The molecule has 1 unspecified atom stereocenters. The summed E-state index contributed by atoms with van der Waals surface area (Å²) >= 11 is 3.17. The third-order valence-electron chi connectivity index (χ3n) is 2.75. The van der Waals surface area contributed by atoms with Crippen molar-refractivity contribution in [1.82, 2.24) is 5.32 Å². The lowest BCUT2D eigenvalue weighted by Crippen LogP contribution is -2.22. The maximum absolute atomic E-state index is 13.6. The SMILES string of the molecule is CCCNC(c1ccoc1)c1ccc(Br)c(F)c1. The third kappa shape index (κ3) is 3.00. The maximum Gasteiger partial charge on any atom is 0.137 e. The van der Waals surface area contributed by atoms with Crippen LogP contribution in [-0.2, 0) is 0 Å². The van der Waals surface area contributed by atoms with Crippen LogP contribution in [0.4, 0.5) is 4.39 Å². The highest BCUT2D eigenvalue weighted by atomic mass is 79.9. The van der Waals surface area contributed by atoms with Crippen LogP contribution < -0.4 is 5.32 Å². The van der Waals surface area contributed by atoms with Crippen LogP contribution in [0.5, 0.6) is 0 Å². The Morgan fingerprint density at radius 1 is 1.33 bits per heavy atom. The molecule has 1 N–H and O–H groups in total. The summed E-state index contributed by atoms with van der Waals surface area (Å²) in [6, 6.07) is 7.04. The molecule has 96 valence electrons. The van der Waals surface area contributed by atoms with Crippen LogP contribution >= 0.6 is 15.9 Å². The normalized spacial score (nSPS) is 12.6. The molecule has 18 heavy (non-hydrogen) atoms. The minimum atomic E-state index is -0.251. The van der Waals surface area contributed by atoms with Gasteiger partial charge in [0.15, 0.2) is 0 Å². The van der Waals surface area contributed by atoms with Gasteiger partial charge in [0.25, 0.3) is 0 Å². The van der Waals surface area contributed by atoms with Crippen LogP contribution in [0.25, 0.3) is 0 Å². The highest BCUT2D eigenvalue weighted by Crippen LogP contribution is 2.26. The number of benzene rings is 1. The van der Waals surface area contributed by atoms with E-state index in [1.165, 1.54) is 0 Å². The minimum Gasteiger partial charge on any atom is -0.472 e. The molecule has 0 aliphatic heterocycles. The van der Waals surface area contributed by atoms with Gasteiger partial charge >= 0.3 is 0 Å². The molecule has 0 bridgehead atoms.